The summed E-state index contributed by atoms with van der Waals surface area (Å²) < 4.78 is 5.25. The fourth-order valence-electron chi connectivity index (χ4n) is 2.46. The van der Waals surface area contributed by atoms with Gasteiger partial charge in [0.25, 0.3) is 0 Å². The van der Waals surface area contributed by atoms with Crippen molar-refractivity contribution in [2.75, 3.05) is 13.1 Å². The van der Waals surface area contributed by atoms with Crippen LogP contribution in [0.5, 0.6) is 0 Å². The number of hydrogen-bond acceptors (Lipinski definition) is 5. The predicted octanol–water partition coefficient (Wildman–Crippen LogP) is 1.50. The van der Waals surface area contributed by atoms with E-state index in [1.54, 1.807) is 11.8 Å². The molecule has 2 atom stereocenters. The first kappa shape index (κ1) is 21.3. The molecule has 0 aliphatic carbocycles. The number of rotatable bonds is 8. The van der Waals surface area contributed by atoms with Crippen LogP contribution < -0.4 is 10.6 Å². The molecule has 8 heteroatoms. The lowest BCUT2D eigenvalue weighted by Crippen LogP contribution is -2.60. The standard InChI is InChI=1S/C17H29N3O4S/c1-4-6-7-8-14(21)19-17(25)20-10-9-18-16(23)13(20)11-15(22)24-12(3)5-2/h12-13H,4-11H2,1-3H3,(H,18,23)(H,19,21,25). The first-order valence-corrected chi connectivity index (χ1v) is 9.37. The van der Waals surface area contributed by atoms with Crippen molar-refractivity contribution in [3.8, 4) is 0 Å². The Balaban J connectivity index is 2.64. The van der Waals surface area contributed by atoms with Gasteiger partial charge in [0.05, 0.1) is 12.5 Å². The summed E-state index contributed by atoms with van der Waals surface area (Å²) in [5, 5.41) is 5.59. The minimum atomic E-state index is -0.756. The van der Waals surface area contributed by atoms with Crippen molar-refractivity contribution in [1.29, 1.82) is 0 Å². The average molecular weight is 372 g/mol. The van der Waals surface area contributed by atoms with Crippen LogP contribution in [0.4, 0.5) is 0 Å². The minimum Gasteiger partial charge on any atom is -0.463 e. The van der Waals surface area contributed by atoms with Crippen LogP contribution in [0.1, 0.15) is 59.3 Å². The zero-order valence-electron chi connectivity index (χ0n) is 15.3. The van der Waals surface area contributed by atoms with Crippen LogP contribution in [-0.4, -0.2) is 53.0 Å². The third-order valence-electron chi connectivity index (χ3n) is 4.11. The van der Waals surface area contributed by atoms with Gasteiger partial charge in [0.1, 0.15) is 6.04 Å². The van der Waals surface area contributed by atoms with Crippen molar-refractivity contribution in [3.63, 3.8) is 0 Å². The van der Waals surface area contributed by atoms with Crippen molar-refractivity contribution in [1.82, 2.24) is 15.5 Å². The molecule has 0 aromatic carbocycles. The molecule has 2 N–H and O–H groups in total. The molecule has 2 amide bonds. The highest BCUT2D eigenvalue weighted by Crippen LogP contribution is 2.12. The molecule has 2 unspecified atom stereocenters. The zero-order chi connectivity index (χ0) is 18.8. The van der Waals surface area contributed by atoms with E-state index in [-0.39, 0.29) is 29.5 Å². The lowest BCUT2D eigenvalue weighted by atomic mass is 10.1. The van der Waals surface area contributed by atoms with Gasteiger partial charge in [-0.05, 0) is 32.0 Å². The highest BCUT2D eigenvalue weighted by atomic mass is 32.1. The van der Waals surface area contributed by atoms with Crippen LogP contribution >= 0.6 is 12.2 Å². The van der Waals surface area contributed by atoms with Crippen LogP contribution in [0.2, 0.25) is 0 Å². The van der Waals surface area contributed by atoms with Gasteiger partial charge in [-0.2, -0.15) is 0 Å². The summed E-state index contributed by atoms with van der Waals surface area (Å²) >= 11 is 5.28. The van der Waals surface area contributed by atoms with E-state index in [9.17, 15) is 14.4 Å². The van der Waals surface area contributed by atoms with Gasteiger partial charge in [-0.3, -0.25) is 14.4 Å². The Kier molecular flexibility index (Phi) is 9.41. The topological polar surface area (TPSA) is 87.7 Å². The van der Waals surface area contributed by atoms with Crippen molar-refractivity contribution >= 4 is 35.1 Å². The quantitative estimate of drug-likeness (QED) is 0.382. The summed E-state index contributed by atoms with van der Waals surface area (Å²) in [5.41, 5.74) is 0. The van der Waals surface area contributed by atoms with E-state index in [0.29, 0.717) is 25.9 Å². The molecule has 1 heterocycles. The van der Waals surface area contributed by atoms with Gasteiger partial charge in [0, 0.05) is 19.5 Å². The minimum absolute atomic E-state index is 0.0952. The normalized spacial score (nSPS) is 18.3. The molecule has 0 bridgehead atoms. The van der Waals surface area contributed by atoms with Crippen molar-refractivity contribution in [2.24, 2.45) is 0 Å². The van der Waals surface area contributed by atoms with Crippen molar-refractivity contribution < 1.29 is 19.1 Å². The zero-order valence-corrected chi connectivity index (χ0v) is 16.1. The molecule has 1 aliphatic rings. The van der Waals surface area contributed by atoms with E-state index in [1.165, 1.54) is 0 Å². The molecule has 0 aromatic rings. The van der Waals surface area contributed by atoms with Crippen LogP contribution in [0.3, 0.4) is 0 Å². The second-order valence-electron chi connectivity index (χ2n) is 6.22. The van der Waals surface area contributed by atoms with E-state index in [1.807, 2.05) is 6.92 Å². The Labute approximate surface area is 154 Å². The molecule has 1 fully saturated rings. The number of carbonyl (C=O) groups is 3. The first-order valence-electron chi connectivity index (χ1n) is 8.96. The van der Waals surface area contributed by atoms with Crippen LogP contribution in [0, 0.1) is 0 Å². The van der Waals surface area contributed by atoms with Crippen LogP contribution in [0.25, 0.3) is 0 Å². The lowest BCUT2D eigenvalue weighted by Gasteiger charge is -2.36. The predicted molar refractivity (Wildman–Crippen MR) is 98.8 cm³/mol. The molecule has 0 saturated carbocycles. The molecular weight excluding hydrogens is 342 g/mol. The largest absolute Gasteiger partial charge is 0.463 e. The van der Waals surface area contributed by atoms with E-state index in [0.717, 1.165) is 19.3 Å². The van der Waals surface area contributed by atoms with E-state index < -0.39 is 12.0 Å². The summed E-state index contributed by atoms with van der Waals surface area (Å²) in [6.07, 6.45) is 3.63. The summed E-state index contributed by atoms with van der Waals surface area (Å²) in [5.74, 6) is -0.890. The summed E-state index contributed by atoms with van der Waals surface area (Å²) in [4.78, 5) is 37.7. The SMILES string of the molecule is CCCCCC(=O)NC(=S)N1CCNC(=O)C1CC(=O)OC(C)CC. The smallest absolute Gasteiger partial charge is 0.308 e. The van der Waals surface area contributed by atoms with Gasteiger partial charge in [0.15, 0.2) is 5.11 Å². The Morgan fingerprint density at radius 1 is 1.40 bits per heavy atom. The molecular formula is C17H29N3O4S. The Morgan fingerprint density at radius 3 is 2.76 bits per heavy atom. The summed E-state index contributed by atoms with van der Waals surface area (Å²) in [7, 11) is 0. The lowest BCUT2D eigenvalue weighted by molar-refractivity contribution is -0.151. The van der Waals surface area contributed by atoms with Crippen LogP contribution in [0.15, 0.2) is 0 Å². The number of carbonyl (C=O) groups excluding carboxylic acids is 3. The number of nitrogens with one attached hydrogen (secondary N) is 2. The van der Waals surface area contributed by atoms with Gasteiger partial charge in [-0.15, -0.1) is 0 Å². The first-order chi connectivity index (χ1) is 11.9. The summed E-state index contributed by atoms with van der Waals surface area (Å²) in [6.45, 7) is 6.65. The van der Waals surface area contributed by atoms with Crippen molar-refractivity contribution in [3.05, 3.63) is 0 Å². The van der Waals surface area contributed by atoms with Gasteiger partial charge in [-0.1, -0.05) is 26.7 Å². The molecule has 142 valence electrons. The third-order valence-corrected chi connectivity index (χ3v) is 4.45. The van der Waals surface area contributed by atoms with Gasteiger partial charge in [0.2, 0.25) is 11.8 Å². The molecule has 1 saturated heterocycles. The molecule has 1 rings (SSSR count). The maximum absolute atomic E-state index is 12.2. The highest BCUT2D eigenvalue weighted by molar-refractivity contribution is 7.80. The Morgan fingerprint density at radius 2 is 2.12 bits per heavy atom. The maximum atomic E-state index is 12.2. The molecule has 0 spiro atoms. The van der Waals surface area contributed by atoms with E-state index in [2.05, 4.69) is 17.6 Å². The second-order valence-corrected chi connectivity index (χ2v) is 6.61. The Bertz CT molecular complexity index is 498. The maximum Gasteiger partial charge on any atom is 0.308 e. The number of ether oxygens (including phenoxy) is 1. The average Bonchev–Trinajstić information content (AvgIpc) is 2.56. The van der Waals surface area contributed by atoms with Crippen LogP contribution in [-0.2, 0) is 19.1 Å². The van der Waals surface area contributed by atoms with Gasteiger partial charge >= 0.3 is 5.97 Å². The number of unbranched alkanes of at least 4 members (excludes halogenated alkanes) is 2. The number of piperazine rings is 1. The number of esters is 1. The fourth-order valence-corrected chi connectivity index (χ4v) is 2.80. The van der Waals surface area contributed by atoms with Crippen molar-refractivity contribution in [2.45, 2.75) is 71.4 Å². The molecule has 0 radical (unpaired) electrons. The number of nitrogens with zero attached hydrogens (tertiary/aromatic N) is 1. The molecule has 0 aromatic heterocycles. The molecule has 7 nitrogen and oxygen atoms in total. The number of amides is 2. The fraction of sp³-hybridized carbons (Fsp3) is 0.765. The molecule has 25 heavy (non-hydrogen) atoms. The van der Waals surface area contributed by atoms with Gasteiger partial charge < -0.3 is 20.3 Å². The van der Waals surface area contributed by atoms with E-state index >= 15 is 0 Å². The highest BCUT2D eigenvalue weighted by Gasteiger charge is 2.34. The summed E-state index contributed by atoms with van der Waals surface area (Å²) in [6, 6.07) is -0.756. The number of thiocarbonyl (C=S) groups is 1. The third kappa shape index (κ3) is 7.37. The second kappa shape index (κ2) is 11.0. The van der Waals surface area contributed by atoms with E-state index in [4.69, 9.17) is 17.0 Å². The number of hydrogen-bond donors (Lipinski definition) is 2. The Hall–Kier alpha value is -1.70. The molecule has 1 aliphatic heterocycles. The van der Waals surface area contributed by atoms with Gasteiger partial charge in [-0.25, -0.2) is 0 Å². The monoisotopic (exact) mass is 371 g/mol.